The monoisotopic (exact) mass is 301 g/mol. The van der Waals surface area contributed by atoms with Crippen molar-refractivity contribution >= 4 is 16.9 Å². The van der Waals surface area contributed by atoms with Crippen molar-refractivity contribution in [2.45, 2.75) is 38.8 Å². The lowest BCUT2D eigenvalue weighted by atomic mass is 9.99. The minimum atomic E-state index is -0.552. The summed E-state index contributed by atoms with van der Waals surface area (Å²) >= 11 is 0. The molecular formula is C18H23NO3. The van der Waals surface area contributed by atoms with Crippen molar-refractivity contribution in [3.05, 3.63) is 48.0 Å². The van der Waals surface area contributed by atoms with Crippen LogP contribution in [0.5, 0.6) is 0 Å². The van der Waals surface area contributed by atoms with Gasteiger partial charge in [0, 0.05) is 0 Å². The molecule has 4 nitrogen and oxygen atoms in total. The molecule has 0 aliphatic carbocycles. The van der Waals surface area contributed by atoms with Crippen LogP contribution in [0.25, 0.3) is 10.8 Å². The Balaban J connectivity index is 2.11. The molecule has 118 valence electrons. The van der Waals surface area contributed by atoms with Gasteiger partial charge in [-0.1, -0.05) is 42.5 Å². The minimum absolute atomic E-state index is 0.136. The van der Waals surface area contributed by atoms with Gasteiger partial charge in [0.1, 0.15) is 5.60 Å². The van der Waals surface area contributed by atoms with E-state index in [-0.39, 0.29) is 12.6 Å². The van der Waals surface area contributed by atoms with E-state index < -0.39 is 11.7 Å². The molecular weight excluding hydrogens is 278 g/mol. The first-order chi connectivity index (χ1) is 10.4. The topological polar surface area (TPSA) is 58.6 Å². The van der Waals surface area contributed by atoms with Crippen LogP contribution < -0.4 is 5.32 Å². The summed E-state index contributed by atoms with van der Waals surface area (Å²) in [4.78, 5) is 11.8. The number of benzene rings is 2. The summed E-state index contributed by atoms with van der Waals surface area (Å²) in [6.07, 6.45) is 0.0451. The lowest BCUT2D eigenvalue weighted by Crippen LogP contribution is -2.42. The lowest BCUT2D eigenvalue weighted by Gasteiger charge is -2.23. The molecule has 2 aromatic carbocycles. The van der Waals surface area contributed by atoms with Crippen LogP contribution in [0.1, 0.15) is 26.3 Å². The number of alkyl carbamates (subject to hydrolysis) is 1. The third-order valence-electron chi connectivity index (χ3n) is 3.29. The Morgan fingerprint density at radius 2 is 1.86 bits per heavy atom. The summed E-state index contributed by atoms with van der Waals surface area (Å²) in [6, 6.07) is 13.8. The molecule has 22 heavy (non-hydrogen) atoms. The van der Waals surface area contributed by atoms with E-state index in [2.05, 4.69) is 5.32 Å². The maximum atomic E-state index is 11.8. The van der Waals surface area contributed by atoms with Gasteiger partial charge in [0.25, 0.3) is 0 Å². The predicted octanol–water partition coefficient (Wildman–Crippen LogP) is 3.27. The fourth-order valence-corrected chi connectivity index (χ4v) is 2.37. The first kappa shape index (κ1) is 16.3. The number of carbonyl (C=O) groups excluding carboxylic acids is 1. The maximum Gasteiger partial charge on any atom is 0.407 e. The van der Waals surface area contributed by atoms with Crippen LogP contribution in [0.15, 0.2) is 42.5 Å². The number of aliphatic hydroxyl groups excluding tert-OH is 1. The number of aliphatic hydroxyl groups is 1. The second-order valence-electron chi connectivity index (χ2n) is 6.37. The van der Waals surface area contributed by atoms with Crippen molar-refractivity contribution in [3.8, 4) is 0 Å². The summed E-state index contributed by atoms with van der Waals surface area (Å²) in [7, 11) is 0. The Hall–Kier alpha value is -2.07. The first-order valence-corrected chi connectivity index (χ1v) is 7.46. The van der Waals surface area contributed by atoms with E-state index in [1.54, 1.807) is 0 Å². The molecule has 0 bridgehead atoms. The van der Waals surface area contributed by atoms with Gasteiger partial charge in [0.05, 0.1) is 12.6 Å². The highest BCUT2D eigenvalue weighted by Crippen LogP contribution is 2.20. The van der Waals surface area contributed by atoms with Gasteiger partial charge in [-0.25, -0.2) is 4.79 Å². The van der Waals surface area contributed by atoms with E-state index in [1.807, 2.05) is 63.2 Å². The molecule has 2 rings (SSSR count). The highest BCUT2D eigenvalue weighted by molar-refractivity contribution is 5.85. The zero-order valence-electron chi connectivity index (χ0n) is 13.3. The Morgan fingerprint density at radius 3 is 2.55 bits per heavy atom. The van der Waals surface area contributed by atoms with Crippen LogP contribution in [0.4, 0.5) is 4.79 Å². The molecule has 0 saturated carbocycles. The van der Waals surface area contributed by atoms with Crippen molar-refractivity contribution in [2.75, 3.05) is 6.61 Å². The van der Waals surface area contributed by atoms with Gasteiger partial charge in [0.15, 0.2) is 0 Å². The van der Waals surface area contributed by atoms with E-state index in [0.29, 0.717) is 6.42 Å². The Labute approximate surface area is 131 Å². The summed E-state index contributed by atoms with van der Waals surface area (Å²) < 4.78 is 5.23. The smallest absolute Gasteiger partial charge is 0.407 e. The van der Waals surface area contributed by atoms with Crippen molar-refractivity contribution in [1.82, 2.24) is 5.32 Å². The molecule has 2 aromatic rings. The Bertz CT molecular complexity index is 641. The standard InChI is InChI=1S/C18H23NO3/c1-18(2,3)22-17(21)19-15(12-20)11-14-9-6-8-13-7-4-5-10-16(13)14/h4-10,15,20H,11-12H2,1-3H3,(H,19,21). The minimum Gasteiger partial charge on any atom is -0.444 e. The zero-order chi connectivity index (χ0) is 16.2. The van der Waals surface area contributed by atoms with E-state index >= 15 is 0 Å². The van der Waals surface area contributed by atoms with Crippen molar-refractivity contribution in [2.24, 2.45) is 0 Å². The molecule has 0 saturated heterocycles. The summed E-state index contributed by atoms with van der Waals surface area (Å²) in [5.41, 5.74) is 0.539. The number of hydrogen-bond acceptors (Lipinski definition) is 3. The number of fused-ring (bicyclic) bond motifs is 1. The van der Waals surface area contributed by atoms with Crippen molar-refractivity contribution in [3.63, 3.8) is 0 Å². The normalized spacial score (nSPS) is 12.9. The van der Waals surface area contributed by atoms with E-state index in [0.717, 1.165) is 16.3 Å². The maximum absolute atomic E-state index is 11.8. The van der Waals surface area contributed by atoms with Gasteiger partial charge in [-0.2, -0.15) is 0 Å². The van der Waals surface area contributed by atoms with Crippen molar-refractivity contribution < 1.29 is 14.6 Å². The third-order valence-corrected chi connectivity index (χ3v) is 3.29. The van der Waals surface area contributed by atoms with Crippen LogP contribution in [0.2, 0.25) is 0 Å². The molecule has 2 N–H and O–H groups in total. The average Bonchev–Trinajstić information content (AvgIpc) is 2.45. The zero-order valence-corrected chi connectivity index (χ0v) is 13.3. The molecule has 1 unspecified atom stereocenters. The van der Waals surface area contributed by atoms with Crippen LogP contribution in [0, 0.1) is 0 Å². The number of hydrogen-bond donors (Lipinski definition) is 2. The van der Waals surface area contributed by atoms with Gasteiger partial charge in [-0.15, -0.1) is 0 Å². The molecule has 0 spiro atoms. The summed E-state index contributed by atoms with van der Waals surface area (Å²) in [5, 5.41) is 14.5. The predicted molar refractivity (Wildman–Crippen MR) is 87.9 cm³/mol. The molecule has 0 aromatic heterocycles. The number of nitrogens with one attached hydrogen (secondary N) is 1. The van der Waals surface area contributed by atoms with Gasteiger partial charge in [-0.05, 0) is 43.5 Å². The molecule has 0 fully saturated rings. The number of carbonyl (C=O) groups is 1. The molecule has 1 amide bonds. The Morgan fingerprint density at radius 1 is 1.18 bits per heavy atom. The van der Waals surface area contributed by atoms with Crippen molar-refractivity contribution in [1.29, 1.82) is 0 Å². The molecule has 0 radical (unpaired) electrons. The second-order valence-corrected chi connectivity index (χ2v) is 6.37. The summed E-state index contributed by atoms with van der Waals surface area (Å²) in [6.45, 7) is 5.30. The molecule has 0 heterocycles. The van der Waals surface area contributed by atoms with Gasteiger partial charge in [-0.3, -0.25) is 0 Å². The molecule has 1 atom stereocenters. The number of amides is 1. The van der Waals surface area contributed by atoms with Gasteiger partial charge in [0.2, 0.25) is 0 Å². The van der Waals surface area contributed by atoms with E-state index in [4.69, 9.17) is 4.74 Å². The molecule has 0 aliphatic rings. The van der Waals surface area contributed by atoms with Crippen LogP contribution in [0.3, 0.4) is 0 Å². The summed E-state index contributed by atoms with van der Waals surface area (Å²) in [5.74, 6) is 0. The first-order valence-electron chi connectivity index (χ1n) is 7.46. The molecule has 4 heteroatoms. The molecule has 0 aliphatic heterocycles. The quantitative estimate of drug-likeness (QED) is 0.911. The Kier molecular flexibility index (Phi) is 5.03. The van der Waals surface area contributed by atoms with Crippen LogP contribution in [-0.4, -0.2) is 29.4 Å². The second kappa shape index (κ2) is 6.79. The highest BCUT2D eigenvalue weighted by Gasteiger charge is 2.19. The number of rotatable bonds is 4. The fraction of sp³-hybridized carbons (Fsp3) is 0.389. The van der Waals surface area contributed by atoms with E-state index in [9.17, 15) is 9.90 Å². The number of ether oxygens (including phenoxy) is 1. The van der Waals surface area contributed by atoms with Crippen LogP contribution >= 0.6 is 0 Å². The van der Waals surface area contributed by atoms with Crippen LogP contribution in [-0.2, 0) is 11.2 Å². The average molecular weight is 301 g/mol. The third kappa shape index (κ3) is 4.46. The van der Waals surface area contributed by atoms with Gasteiger partial charge >= 0.3 is 6.09 Å². The SMILES string of the molecule is CC(C)(C)OC(=O)NC(CO)Cc1cccc2ccccc12. The fourth-order valence-electron chi connectivity index (χ4n) is 2.37. The lowest BCUT2D eigenvalue weighted by molar-refractivity contribution is 0.0483. The van der Waals surface area contributed by atoms with E-state index in [1.165, 1.54) is 0 Å². The van der Waals surface area contributed by atoms with Gasteiger partial charge < -0.3 is 15.2 Å². The highest BCUT2D eigenvalue weighted by atomic mass is 16.6. The largest absolute Gasteiger partial charge is 0.444 e.